The average molecular weight is 275 g/mol. The van der Waals surface area contributed by atoms with E-state index >= 15 is 0 Å². The Hall–Kier alpha value is -2.01. The molecule has 2 aromatic rings. The van der Waals surface area contributed by atoms with E-state index in [9.17, 15) is 0 Å². The highest BCUT2D eigenvalue weighted by molar-refractivity contribution is 5.42. The van der Waals surface area contributed by atoms with Crippen molar-refractivity contribution in [2.45, 2.75) is 18.9 Å². The molecular formula is C15H21N3O2. The summed E-state index contributed by atoms with van der Waals surface area (Å²) in [6, 6.07) is 5.66. The first-order valence-electron chi connectivity index (χ1n) is 6.59. The van der Waals surface area contributed by atoms with E-state index in [2.05, 4.69) is 5.10 Å². The number of benzene rings is 1. The van der Waals surface area contributed by atoms with Crippen LogP contribution >= 0.6 is 0 Å². The second-order valence-electron chi connectivity index (χ2n) is 4.78. The summed E-state index contributed by atoms with van der Waals surface area (Å²) >= 11 is 0. The fourth-order valence-corrected chi connectivity index (χ4v) is 2.20. The molecule has 108 valence electrons. The Morgan fingerprint density at radius 1 is 1.30 bits per heavy atom. The highest BCUT2D eigenvalue weighted by atomic mass is 16.5. The molecule has 1 atom stereocenters. The van der Waals surface area contributed by atoms with Crippen LogP contribution in [-0.4, -0.2) is 24.0 Å². The molecule has 0 saturated heterocycles. The maximum Gasteiger partial charge on any atom is 0.127 e. The molecule has 5 nitrogen and oxygen atoms in total. The van der Waals surface area contributed by atoms with Crippen molar-refractivity contribution in [3.05, 3.63) is 41.7 Å². The molecule has 1 aromatic carbocycles. The Morgan fingerprint density at radius 2 is 2.10 bits per heavy atom. The topological polar surface area (TPSA) is 62.3 Å². The van der Waals surface area contributed by atoms with Crippen molar-refractivity contribution in [2.24, 2.45) is 12.8 Å². The van der Waals surface area contributed by atoms with Gasteiger partial charge in [-0.15, -0.1) is 0 Å². The summed E-state index contributed by atoms with van der Waals surface area (Å²) in [7, 11) is 5.19. The lowest BCUT2D eigenvalue weighted by atomic mass is 10.00. The Kier molecular flexibility index (Phi) is 4.63. The van der Waals surface area contributed by atoms with Crippen LogP contribution in [0.1, 0.15) is 23.6 Å². The van der Waals surface area contributed by atoms with Gasteiger partial charge in [-0.2, -0.15) is 5.10 Å². The molecule has 2 rings (SSSR count). The van der Waals surface area contributed by atoms with E-state index in [1.54, 1.807) is 18.9 Å². The van der Waals surface area contributed by atoms with Gasteiger partial charge in [-0.3, -0.25) is 4.68 Å². The normalized spacial score (nSPS) is 12.2. The zero-order valence-corrected chi connectivity index (χ0v) is 12.2. The van der Waals surface area contributed by atoms with Crippen LogP contribution in [0.5, 0.6) is 11.5 Å². The molecule has 0 radical (unpaired) electrons. The van der Waals surface area contributed by atoms with Gasteiger partial charge in [0, 0.05) is 30.9 Å². The minimum absolute atomic E-state index is 0.0731. The second-order valence-corrected chi connectivity index (χ2v) is 4.78. The fraction of sp³-hybridized carbons (Fsp3) is 0.400. The lowest BCUT2D eigenvalue weighted by Crippen LogP contribution is -2.12. The molecule has 0 saturated carbocycles. The van der Waals surface area contributed by atoms with Crippen LogP contribution in [0.3, 0.4) is 0 Å². The second kappa shape index (κ2) is 6.43. The van der Waals surface area contributed by atoms with Crippen molar-refractivity contribution in [3.63, 3.8) is 0 Å². The van der Waals surface area contributed by atoms with Gasteiger partial charge < -0.3 is 15.2 Å². The van der Waals surface area contributed by atoms with E-state index in [1.807, 2.05) is 37.6 Å². The van der Waals surface area contributed by atoms with Gasteiger partial charge >= 0.3 is 0 Å². The number of aryl methyl sites for hydroxylation is 2. The molecule has 20 heavy (non-hydrogen) atoms. The Morgan fingerprint density at radius 3 is 2.70 bits per heavy atom. The molecule has 5 heteroatoms. The molecule has 0 fully saturated rings. The molecule has 0 aliphatic carbocycles. The molecule has 0 spiro atoms. The van der Waals surface area contributed by atoms with Crippen molar-refractivity contribution in [1.29, 1.82) is 0 Å². The summed E-state index contributed by atoms with van der Waals surface area (Å²) < 4.78 is 12.4. The number of nitrogens with zero attached hydrogens (tertiary/aromatic N) is 2. The van der Waals surface area contributed by atoms with E-state index in [4.69, 9.17) is 15.2 Å². The van der Waals surface area contributed by atoms with Crippen molar-refractivity contribution in [3.8, 4) is 11.5 Å². The van der Waals surface area contributed by atoms with Crippen LogP contribution in [0, 0.1) is 0 Å². The number of nitrogens with two attached hydrogens (primary N) is 1. The Bertz CT molecular complexity index is 566. The maximum atomic E-state index is 6.27. The summed E-state index contributed by atoms with van der Waals surface area (Å²) in [5.74, 6) is 1.54. The summed E-state index contributed by atoms with van der Waals surface area (Å²) in [5, 5.41) is 4.16. The summed E-state index contributed by atoms with van der Waals surface area (Å²) in [4.78, 5) is 0. The molecule has 0 bridgehead atoms. The monoisotopic (exact) mass is 275 g/mol. The van der Waals surface area contributed by atoms with Gasteiger partial charge in [0.2, 0.25) is 0 Å². The maximum absolute atomic E-state index is 6.27. The molecule has 0 aliphatic heterocycles. The van der Waals surface area contributed by atoms with Crippen LogP contribution in [-0.2, 0) is 13.5 Å². The third-order valence-corrected chi connectivity index (χ3v) is 3.34. The van der Waals surface area contributed by atoms with Gasteiger partial charge in [-0.05, 0) is 24.5 Å². The third-order valence-electron chi connectivity index (χ3n) is 3.34. The first kappa shape index (κ1) is 14.4. The predicted molar refractivity (Wildman–Crippen MR) is 78.0 cm³/mol. The number of hydrogen-bond acceptors (Lipinski definition) is 4. The number of aromatic nitrogens is 2. The first-order chi connectivity index (χ1) is 9.63. The zero-order chi connectivity index (χ0) is 14.5. The van der Waals surface area contributed by atoms with Gasteiger partial charge in [-0.1, -0.05) is 6.07 Å². The molecule has 2 N–H and O–H groups in total. The van der Waals surface area contributed by atoms with Crippen molar-refractivity contribution in [1.82, 2.24) is 9.78 Å². The average Bonchev–Trinajstić information content (AvgIpc) is 2.89. The lowest BCUT2D eigenvalue weighted by Gasteiger charge is -2.16. The zero-order valence-electron chi connectivity index (χ0n) is 12.2. The molecule has 0 amide bonds. The van der Waals surface area contributed by atoms with Gasteiger partial charge in [0.05, 0.1) is 20.4 Å². The van der Waals surface area contributed by atoms with Crippen LogP contribution in [0.15, 0.2) is 30.6 Å². The quantitative estimate of drug-likeness (QED) is 0.876. The molecule has 1 aromatic heterocycles. The van der Waals surface area contributed by atoms with E-state index in [0.29, 0.717) is 0 Å². The van der Waals surface area contributed by atoms with Gasteiger partial charge in [0.15, 0.2) is 0 Å². The summed E-state index contributed by atoms with van der Waals surface area (Å²) in [6.45, 7) is 0. The van der Waals surface area contributed by atoms with Crippen molar-refractivity contribution >= 4 is 0 Å². The SMILES string of the molecule is COc1ccc(C(N)CCc2cnn(C)c2)c(OC)c1. The first-order valence-corrected chi connectivity index (χ1v) is 6.59. The van der Waals surface area contributed by atoms with Crippen LogP contribution in [0.2, 0.25) is 0 Å². The predicted octanol–water partition coefficient (Wildman–Crippen LogP) is 2.07. The minimum atomic E-state index is -0.0731. The number of ether oxygens (including phenoxy) is 2. The Labute approximate surface area is 119 Å². The highest BCUT2D eigenvalue weighted by Gasteiger charge is 2.13. The van der Waals surface area contributed by atoms with Gasteiger partial charge in [0.25, 0.3) is 0 Å². The highest BCUT2D eigenvalue weighted by Crippen LogP contribution is 2.30. The van der Waals surface area contributed by atoms with E-state index in [1.165, 1.54) is 5.56 Å². The van der Waals surface area contributed by atoms with Gasteiger partial charge in [0.1, 0.15) is 11.5 Å². The van der Waals surface area contributed by atoms with E-state index in [0.717, 1.165) is 29.9 Å². The number of hydrogen-bond donors (Lipinski definition) is 1. The van der Waals surface area contributed by atoms with Crippen LogP contribution < -0.4 is 15.2 Å². The summed E-state index contributed by atoms with van der Waals surface area (Å²) in [5.41, 5.74) is 8.46. The number of rotatable bonds is 6. The van der Waals surface area contributed by atoms with Gasteiger partial charge in [-0.25, -0.2) is 0 Å². The van der Waals surface area contributed by atoms with Crippen LogP contribution in [0.25, 0.3) is 0 Å². The van der Waals surface area contributed by atoms with Crippen molar-refractivity contribution < 1.29 is 9.47 Å². The Balaban J connectivity index is 2.06. The lowest BCUT2D eigenvalue weighted by molar-refractivity contribution is 0.387. The fourth-order valence-electron chi connectivity index (χ4n) is 2.20. The minimum Gasteiger partial charge on any atom is -0.497 e. The number of methoxy groups -OCH3 is 2. The third kappa shape index (κ3) is 3.30. The molecule has 1 heterocycles. The molecule has 0 aliphatic rings. The van der Waals surface area contributed by atoms with E-state index in [-0.39, 0.29) is 6.04 Å². The molecular weight excluding hydrogens is 254 g/mol. The molecule has 1 unspecified atom stereocenters. The largest absolute Gasteiger partial charge is 0.497 e. The smallest absolute Gasteiger partial charge is 0.127 e. The standard InChI is InChI=1S/C15H21N3O2/c1-18-10-11(9-17-18)4-7-14(16)13-6-5-12(19-2)8-15(13)20-3/h5-6,8-10,14H,4,7,16H2,1-3H3. The van der Waals surface area contributed by atoms with Crippen LogP contribution in [0.4, 0.5) is 0 Å². The van der Waals surface area contributed by atoms with Crippen molar-refractivity contribution in [2.75, 3.05) is 14.2 Å². The summed E-state index contributed by atoms with van der Waals surface area (Å²) in [6.07, 6.45) is 5.62. The van der Waals surface area contributed by atoms with E-state index < -0.39 is 0 Å².